The summed E-state index contributed by atoms with van der Waals surface area (Å²) in [7, 11) is 0. The van der Waals surface area contributed by atoms with E-state index < -0.39 is 11.9 Å². The Bertz CT molecular complexity index is 1020. The maximum absolute atomic E-state index is 10.2. The average molecular weight is 695 g/mol. The predicted octanol–water partition coefficient (Wildman–Crippen LogP) is 10.0. The van der Waals surface area contributed by atoms with Crippen LogP contribution in [0.3, 0.4) is 0 Å². The van der Waals surface area contributed by atoms with Gasteiger partial charge in [-0.1, -0.05) is 160 Å². The van der Waals surface area contributed by atoms with Crippen LogP contribution in [-0.2, 0) is 9.59 Å². The first-order valence-corrected chi connectivity index (χ1v) is 17.7. The molecule has 0 saturated heterocycles. The first kappa shape index (κ1) is 50.5. The molecule has 0 fully saturated rings. The van der Waals surface area contributed by atoms with E-state index in [1.807, 2.05) is 24.3 Å². The Morgan fingerprint density at radius 3 is 0.653 bits per heavy atom. The molecule has 5 heteroatoms. The van der Waals surface area contributed by atoms with Crippen molar-refractivity contribution in [3.05, 3.63) is 146 Å². The Hall–Kier alpha value is -2.92. The number of rotatable bonds is 28. The minimum Gasteiger partial charge on any atom is -0.550 e. The second-order valence-corrected chi connectivity index (χ2v) is 10.7. The van der Waals surface area contributed by atoms with Crippen LogP contribution in [0.2, 0.25) is 0 Å². The van der Waals surface area contributed by atoms with Gasteiger partial charge in [0.1, 0.15) is 0 Å². The first-order valence-electron chi connectivity index (χ1n) is 17.7. The summed E-state index contributed by atoms with van der Waals surface area (Å²) in [5.41, 5.74) is 0. The summed E-state index contributed by atoms with van der Waals surface area (Å²) < 4.78 is 0. The summed E-state index contributed by atoms with van der Waals surface area (Å²) in [6, 6.07) is 0. The topological polar surface area (TPSA) is 80.3 Å². The van der Waals surface area contributed by atoms with Crippen molar-refractivity contribution in [3.8, 4) is 0 Å². The van der Waals surface area contributed by atoms with Crippen LogP contribution >= 0.6 is 0 Å². The number of hydrogen-bond acceptors (Lipinski definition) is 4. The predicted molar refractivity (Wildman–Crippen MR) is 211 cm³/mol. The van der Waals surface area contributed by atoms with Crippen LogP contribution in [0.1, 0.15) is 117 Å². The van der Waals surface area contributed by atoms with Crippen LogP contribution in [0.15, 0.2) is 146 Å². The van der Waals surface area contributed by atoms with Gasteiger partial charge in [0, 0.05) is 11.9 Å². The van der Waals surface area contributed by atoms with Crippen LogP contribution < -0.4 is 10.2 Å². The summed E-state index contributed by atoms with van der Waals surface area (Å²) in [5.74, 6) is -1.98. The average Bonchev–Trinajstić information content (AvgIpc) is 3.07. The van der Waals surface area contributed by atoms with Gasteiger partial charge >= 0.3 is 37.7 Å². The van der Waals surface area contributed by atoms with Gasteiger partial charge in [-0.15, -0.1) is 0 Å². The van der Waals surface area contributed by atoms with Gasteiger partial charge in [-0.05, 0) is 103 Å². The molecular formula is C44H62CaO4. The molecule has 49 heavy (non-hydrogen) atoms. The normalized spacial score (nSPS) is 12.8. The van der Waals surface area contributed by atoms with Crippen molar-refractivity contribution in [1.29, 1.82) is 0 Å². The van der Waals surface area contributed by atoms with Crippen LogP contribution in [0.25, 0.3) is 0 Å². The monoisotopic (exact) mass is 694 g/mol. The largest absolute Gasteiger partial charge is 2.00 e. The second kappa shape index (κ2) is 47.2. The van der Waals surface area contributed by atoms with Crippen molar-refractivity contribution in [2.24, 2.45) is 0 Å². The summed E-state index contributed by atoms with van der Waals surface area (Å²) in [5, 5.41) is 20.4. The molecule has 0 aliphatic carbocycles. The number of carbonyl (C=O) groups is 2. The Morgan fingerprint density at radius 1 is 0.327 bits per heavy atom. The van der Waals surface area contributed by atoms with Gasteiger partial charge in [0.2, 0.25) is 0 Å². The van der Waals surface area contributed by atoms with Gasteiger partial charge in [0.05, 0.1) is 0 Å². The number of aliphatic carboxylic acids is 2. The van der Waals surface area contributed by atoms with Gasteiger partial charge < -0.3 is 19.8 Å². The minimum absolute atomic E-state index is 0. The van der Waals surface area contributed by atoms with Crippen molar-refractivity contribution < 1.29 is 19.8 Å². The van der Waals surface area contributed by atoms with E-state index in [1.54, 1.807) is 0 Å². The van der Waals surface area contributed by atoms with Crippen molar-refractivity contribution in [3.63, 3.8) is 0 Å². The molecule has 0 heterocycles. The molecule has 0 aromatic rings. The molecule has 0 rings (SSSR count). The molecule has 264 valence electrons. The Kier molecular flexibility index (Phi) is 48.6. The summed E-state index contributed by atoms with van der Waals surface area (Å²) in [6.07, 6.45) is 64.2. The van der Waals surface area contributed by atoms with Crippen molar-refractivity contribution in [1.82, 2.24) is 0 Å². The van der Waals surface area contributed by atoms with Crippen LogP contribution in [0.5, 0.6) is 0 Å². The maximum atomic E-state index is 10.2. The number of allylic oxidation sites excluding steroid dienone is 24. The smallest absolute Gasteiger partial charge is 0.550 e. The summed E-state index contributed by atoms with van der Waals surface area (Å²) in [4.78, 5) is 20.4. The third kappa shape index (κ3) is 54.8. The fourth-order valence-corrected chi connectivity index (χ4v) is 3.68. The Labute approximate surface area is 329 Å². The SMILES string of the molecule is CC/C=C\C/C=C/C/C=C/C/C=C/C/C=C/C/C=C\CCC(=O)[O-].CC/C=C\C/C=C/C/C=C/C/C=C/C/C=C/C/C=C\CCC(=O)[O-].[Ca+2]. The van der Waals surface area contributed by atoms with E-state index in [-0.39, 0.29) is 50.6 Å². The van der Waals surface area contributed by atoms with Gasteiger partial charge in [0.15, 0.2) is 0 Å². The maximum Gasteiger partial charge on any atom is 2.00 e. The van der Waals surface area contributed by atoms with E-state index >= 15 is 0 Å². The molecule has 0 aliphatic rings. The fraction of sp³-hybridized carbons (Fsp3) is 0.409. The zero-order valence-electron chi connectivity index (χ0n) is 30.5. The number of carboxylic acid groups (broad SMARTS) is 2. The number of carbonyl (C=O) groups excluding carboxylic acids is 2. The van der Waals surface area contributed by atoms with Gasteiger partial charge in [-0.25, -0.2) is 0 Å². The van der Waals surface area contributed by atoms with E-state index in [4.69, 9.17) is 0 Å². The van der Waals surface area contributed by atoms with Gasteiger partial charge in [-0.2, -0.15) is 0 Å². The molecule has 0 aromatic heterocycles. The molecule has 4 nitrogen and oxygen atoms in total. The van der Waals surface area contributed by atoms with E-state index in [9.17, 15) is 19.8 Å². The zero-order chi connectivity index (χ0) is 35.4. The van der Waals surface area contributed by atoms with Crippen LogP contribution in [0, 0.1) is 0 Å². The molecule has 0 spiro atoms. The van der Waals surface area contributed by atoms with Crippen molar-refractivity contribution in [2.45, 2.75) is 117 Å². The quantitative estimate of drug-likeness (QED) is 0.0603. The molecule has 0 aliphatic heterocycles. The zero-order valence-corrected chi connectivity index (χ0v) is 32.7. The van der Waals surface area contributed by atoms with Gasteiger partial charge in [0.25, 0.3) is 0 Å². The molecule has 0 saturated carbocycles. The van der Waals surface area contributed by atoms with Crippen molar-refractivity contribution in [2.75, 3.05) is 0 Å². The minimum atomic E-state index is -0.991. The van der Waals surface area contributed by atoms with E-state index in [0.29, 0.717) is 12.8 Å². The second-order valence-electron chi connectivity index (χ2n) is 10.7. The van der Waals surface area contributed by atoms with Crippen molar-refractivity contribution >= 4 is 49.7 Å². The molecule has 0 atom stereocenters. The van der Waals surface area contributed by atoms with Gasteiger partial charge in [-0.3, -0.25) is 0 Å². The Balaban J connectivity index is -0.000000846. The Morgan fingerprint density at radius 2 is 0.490 bits per heavy atom. The number of hydrogen-bond donors (Lipinski definition) is 0. The third-order valence-electron chi connectivity index (χ3n) is 6.22. The number of carboxylic acids is 2. The molecule has 0 bridgehead atoms. The molecular weight excluding hydrogens is 633 g/mol. The van der Waals surface area contributed by atoms with E-state index in [1.165, 1.54) is 0 Å². The van der Waals surface area contributed by atoms with Crippen LogP contribution in [-0.4, -0.2) is 49.7 Å². The molecule has 0 unspecified atom stereocenters. The molecule has 0 amide bonds. The van der Waals surface area contributed by atoms with Crippen LogP contribution in [0.4, 0.5) is 0 Å². The molecule has 0 N–H and O–H groups in total. The molecule has 0 aromatic carbocycles. The summed E-state index contributed by atoms with van der Waals surface area (Å²) >= 11 is 0. The standard InChI is InChI=1S/2C22H32O2.Ca/c2*1-2-3-4-5-6-7-8-9-10-11-12-13-14-15-16-17-18-19-20-21-22(23)24;/h2*3-4,6-7,9-10,12-13,15-16,18-19H,2,5,8,11,14,17,20-21H2,1H3,(H,23,24);/q;;+2/p-2/b2*4-3-,7-6+,10-9+,13-12+,16-15+,19-18-;. The molecule has 0 radical (unpaired) electrons. The van der Waals surface area contributed by atoms with E-state index in [2.05, 4.69) is 135 Å². The summed E-state index contributed by atoms with van der Waals surface area (Å²) in [6.45, 7) is 4.29. The fourth-order valence-electron chi connectivity index (χ4n) is 3.68. The first-order chi connectivity index (χ1) is 23.5. The third-order valence-corrected chi connectivity index (χ3v) is 6.22. The van der Waals surface area contributed by atoms with E-state index in [0.717, 1.165) is 77.0 Å².